The molecule has 3 heterocycles. The van der Waals surface area contributed by atoms with Crippen LogP contribution in [0.15, 0.2) is 41.7 Å². The van der Waals surface area contributed by atoms with Gasteiger partial charge in [0.2, 0.25) is 16.0 Å². The monoisotopic (exact) mass is 318 g/mol. The summed E-state index contributed by atoms with van der Waals surface area (Å²) in [5.41, 5.74) is 8.06. The highest BCUT2D eigenvalue weighted by Gasteiger charge is 2.09. The summed E-state index contributed by atoms with van der Waals surface area (Å²) in [5.74, 6) is 0.224. The number of aromatic nitrogens is 4. The van der Waals surface area contributed by atoms with Crippen molar-refractivity contribution < 1.29 is 8.42 Å². The maximum absolute atomic E-state index is 11.3. The van der Waals surface area contributed by atoms with Gasteiger partial charge in [0.15, 0.2) is 5.65 Å². The van der Waals surface area contributed by atoms with Gasteiger partial charge in [-0.25, -0.2) is 18.1 Å². The summed E-state index contributed by atoms with van der Waals surface area (Å²) in [7, 11) is -3.73. The number of nitrogens with two attached hydrogens (primary N) is 2. The van der Waals surface area contributed by atoms with Crippen molar-refractivity contribution in [1.82, 2.24) is 19.6 Å². The van der Waals surface area contributed by atoms with Crippen LogP contribution in [0.3, 0.4) is 0 Å². The van der Waals surface area contributed by atoms with E-state index in [0.717, 1.165) is 11.1 Å². The van der Waals surface area contributed by atoms with E-state index in [1.807, 2.05) is 12.1 Å². The topological polar surface area (TPSA) is 129 Å². The van der Waals surface area contributed by atoms with Crippen molar-refractivity contribution in [3.63, 3.8) is 0 Å². The van der Waals surface area contributed by atoms with Crippen LogP contribution in [0.1, 0.15) is 11.1 Å². The first kappa shape index (κ1) is 14.4. The first-order valence-electron chi connectivity index (χ1n) is 6.49. The molecule has 0 atom stereocenters. The van der Waals surface area contributed by atoms with Crippen LogP contribution >= 0.6 is 0 Å². The number of hydrogen-bond donors (Lipinski definition) is 2. The number of aryl methyl sites for hydroxylation is 2. The number of sulfonamides is 1. The average molecular weight is 318 g/mol. The number of primary sulfonamides is 1. The molecule has 0 spiro atoms. The van der Waals surface area contributed by atoms with Crippen LogP contribution in [0.4, 0.5) is 5.95 Å². The number of hydrogen-bond acceptors (Lipinski definition) is 6. The molecule has 3 rings (SSSR count). The lowest BCUT2D eigenvalue weighted by Gasteiger charge is -2.04. The van der Waals surface area contributed by atoms with Crippen LogP contribution in [-0.4, -0.2) is 28.0 Å². The molecule has 22 heavy (non-hydrogen) atoms. The molecule has 3 aromatic rings. The Bertz CT molecular complexity index is 935. The summed E-state index contributed by atoms with van der Waals surface area (Å²) >= 11 is 0. The van der Waals surface area contributed by atoms with E-state index in [2.05, 4.69) is 15.1 Å². The second-order valence-electron chi connectivity index (χ2n) is 4.88. The zero-order valence-corrected chi connectivity index (χ0v) is 12.4. The molecule has 0 aliphatic rings. The standard InChI is InChI=1S/C13H14N6O2S/c14-13-17-12-6-9(3-4-19(12)18-13)1-2-10-5-11(8-16-7-10)22(15,20)21/h3-8H,1-2H2,(H2,14,18)(H2,15,20,21). The molecule has 0 saturated carbocycles. The highest BCUT2D eigenvalue weighted by molar-refractivity contribution is 7.89. The van der Waals surface area contributed by atoms with Gasteiger partial charge in [-0.05, 0) is 42.2 Å². The van der Waals surface area contributed by atoms with E-state index in [9.17, 15) is 8.42 Å². The van der Waals surface area contributed by atoms with Crippen LogP contribution in [0.5, 0.6) is 0 Å². The highest BCUT2D eigenvalue weighted by Crippen LogP contribution is 2.12. The largest absolute Gasteiger partial charge is 0.366 e. The third-order valence-electron chi connectivity index (χ3n) is 3.22. The highest BCUT2D eigenvalue weighted by atomic mass is 32.2. The second kappa shape index (κ2) is 5.35. The van der Waals surface area contributed by atoms with Gasteiger partial charge in [0.25, 0.3) is 0 Å². The minimum absolute atomic E-state index is 0.0192. The first-order chi connectivity index (χ1) is 10.4. The molecule has 4 N–H and O–H groups in total. The molecule has 0 aliphatic carbocycles. The van der Waals surface area contributed by atoms with Gasteiger partial charge in [-0.1, -0.05) is 0 Å². The van der Waals surface area contributed by atoms with E-state index in [1.165, 1.54) is 12.3 Å². The Balaban J connectivity index is 1.79. The van der Waals surface area contributed by atoms with Crippen LogP contribution in [-0.2, 0) is 22.9 Å². The maximum Gasteiger partial charge on any atom is 0.240 e. The minimum Gasteiger partial charge on any atom is -0.366 e. The van der Waals surface area contributed by atoms with Crippen LogP contribution in [0, 0.1) is 0 Å². The molecular weight excluding hydrogens is 304 g/mol. The second-order valence-corrected chi connectivity index (χ2v) is 6.44. The maximum atomic E-state index is 11.3. The van der Waals surface area contributed by atoms with E-state index < -0.39 is 10.0 Å². The fraction of sp³-hybridized carbons (Fsp3) is 0.154. The van der Waals surface area contributed by atoms with Crippen molar-refractivity contribution in [1.29, 1.82) is 0 Å². The Labute approximate surface area is 126 Å². The SMILES string of the molecule is Nc1nc2cc(CCc3cncc(S(N)(=O)=O)c3)ccn2n1. The Hall–Kier alpha value is -2.52. The molecule has 3 aromatic heterocycles. The third kappa shape index (κ3) is 3.05. The summed E-state index contributed by atoms with van der Waals surface area (Å²) in [6.07, 6.45) is 5.99. The number of pyridine rings is 2. The zero-order chi connectivity index (χ0) is 15.7. The number of fused-ring (bicyclic) bond motifs is 1. The van der Waals surface area contributed by atoms with Crippen molar-refractivity contribution in [3.8, 4) is 0 Å². The smallest absolute Gasteiger partial charge is 0.240 e. The van der Waals surface area contributed by atoms with Crippen LogP contribution in [0.25, 0.3) is 5.65 Å². The van der Waals surface area contributed by atoms with E-state index in [4.69, 9.17) is 10.9 Å². The molecule has 0 unspecified atom stereocenters. The first-order valence-corrected chi connectivity index (χ1v) is 8.04. The third-order valence-corrected chi connectivity index (χ3v) is 4.10. The zero-order valence-electron chi connectivity index (χ0n) is 11.5. The average Bonchev–Trinajstić information content (AvgIpc) is 2.84. The number of rotatable bonds is 4. The molecule has 0 fully saturated rings. The van der Waals surface area contributed by atoms with Crippen molar-refractivity contribution >= 4 is 21.6 Å². The molecule has 0 aromatic carbocycles. The van der Waals surface area contributed by atoms with E-state index in [-0.39, 0.29) is 10.8 Å². The predicted molar refractivity (Wildman–Crippen MR) is 80.4 cm³/mol. The van der Waals surface area contributed by atoms with Crippen molar-refractivity contribution in [3.05, 3.63) is 47.9 Å². The molecule has 9 heteroatoms. The lowest BCUT2D eigenvalue weighted by molar-refractivity contribution is 0.597. The fourth-order valence-corrected chi connectivity index (χ4v) is 2.66. The van der Waals surface area contributed by atoms with Gasteiger partial charge in [-0.3, -0.25) is 4.98 Å². The van der Waals surface area contributed by atoms with Gasteiger partial charge >= 0.3 is 0 Å². The lowest BCUT2D eigenvalue weighted by atomic mass is 10.1. The van der Waals surface area contributed by atoms with E-state index >= 15 is 0 Å². The quantitative estimate of drug-likeness (QED) is 0.704. The number of anilines is 1. The summed E-state index contributed by atoms with van der Waals surface area (Å²) < 4.78 is 24.2. The van der Waals surface area contributed by atoms with Gasteiger partial charge in [0.05, 0.1) is 0 Å². The molecule has 0 saturated heterocycles. The predicted octanol–water partition coefficient (Wildman–Crippen LogP) is 0.139. The van der Waals surface area contributed by atoms with Gasteiger partial charge in [0, 0.05) is 18.6 Å². The Morgan fingerprint density at radius 1 is 1.14 bits per heavy atom. The minimum atomic E-state index is -3.73. The number of nitrogens with zero attached hydrogens (tertiary/aromatic N) is 4. The van der Waals surface area contributed by atoms with Crippen LogP contribution < -0.4 is 10.9 Å². The summed E-state index contributed by atoms with van der Waals surface area (Å²) in [5, 5.41) is 9.10. The van der Waals surface area contributed by atoms with Crippen molar-refractivity contribution in [2.75, 3.05) is 5.73 Å². The molecule has 0 aliphatic heterocycles. The summed E-state index contributed by atoms with van der Waals surface area (Å²) in [4.78, 5) is 8.03. The molecule has 114 valence electrons. The molecule has 0 amide bonds. The summed E-state index contributed by atoms with van der Waals surface area (Å²) in [6, 6.07) is 5.34. The van der Waals surface area contributed by atoms with Crippen molar-refractivity contribution in [2.45, 2.75) is 17.7 Å². The fourth-order valence-electron chi connectivity index (χ4n) is 2.14. The Morgan fingerprint density at radius 2 is 1.91 bits per heavy atom. The lowest BCUT2D eigenvalue weighted by Crippen LogP contribution is -2.12. The van der Waals surface area contributed by atoms with Crippen LogP contribution in [0.2, 0.25) is 0 Å². The summed E-state index contributed by atoms with van der Waals surface area (Å²) in [6.45, 7) is 0. The Morgan fingerprint density at radius 3 is 2.68 bits per heavy atom. The van der Waals surface area contributed by atoms with Gasteiger partial charge in [-0.15, -0.1) is 5.10 Å². The van der Waals surface area contributed by atoms with Gasteiger partial charge in [0.1, 0.15) is 4.90 Å². The van der Waals surface area contributed by atoms with Crippen molar-refractivity contribution in [2.24, 2.45) is 5.14 Å². The molecule has 0 bridgehead atoms. The normalized spacial score (nSPS) is 11.9. The van der Waals surface area contributed by atoms with Gasteiger partial charge < -0.3 is 5.73 Å². The molecule has 0 radical (unpaired) electrons. The molecule has 8 nitrogen and oxygen atoms in total. The molecular formula is C13H14N6O2S. The Kier molecular flexibility index (Phi) is 3.51. The number of nitrogen functional groups attached to an aromatic ring is 1. The van der Waals surface area contributed by atoms with E-state index in [1.54, 1.807) is 16.9 Å². The van der Waals surface area contributed by atoms with E-state index in [0.29, 0.717) is 18.5 Å². The van der Waals surface area contributed by atoms with Gasteiger partial charge in [-0.2, -0.15) is 4.98 Å².